The van der Waals surface area contributed by atoms with E-state index in [-0.39, 0.29) is 6.10 Å². The van der Waals surface area contributed by atoms with Gasteiger partial charge in [0, 0.05) is 6.20 Å². The van der Waals surface area contributed by atoms with Crippen molar-refractivity contribution in [3.63, 3.8) is 0 Å². The summed E-state index contributed by atoms with van der Waals surface area (Å²) in [7, 11) is -3.38. The Morgan fingerprint density at radius 3 is 2.75 bits per heavy atom. The fourth-order valence-corrected chi connectivity index (χ4v) is 5.51. The van der Waals surface area contributed by atoms with E-state index in [1.54, 1.807) is 36.7 Å². The first-order chi connectivity index (χ1) is 9.55. The summed E-state index contributed by atoms with van der Waals surface area (Å²) >= 11 is 4.49. The van der Waals surface area contributed by atoms with Gasteiger partial charge in [0.1, 0.15) is 16.1 Å². The number of thiophene rings is 1. The molecule has 20 heavy (non-hydrogen) atoms. The predicted octanol–water partition coefficient (Wildman–Crippen LogP) is 2.36. The maximum absolute atomic E-state index is 12.3. The predicted molar refractivity (Wildman–Crippen MR) is 79.4 cm³/mol. The van der Waals surface area contributed by atoms with Crippen LogP contribution in [0.5, 0.6) is 5.75 Å². The quantitative estimate of drug-likeness (QED) is 0.823. The Bertz CT molecular complexity index is 697. The van der Waals surface area contributed by atoms with Gasteiger partial charge in [0.25, 0.3) is 10.0 Å². The van der Waals surface area contributed by atoms with Crippen LogP contribution < -0.4 is 4.74 Å². The zero-order valence-electron chi connectivity index (χ0n) is 10.3. The molecule has 0 saturated carbocycles. The summed E-state index contributed by atoms with van der Waals surface area (Å²) in [5, 5.41) is 0. The molecule has 1 saturated heterocycles. The summed E-state index contributed by atoms with van der Waals surface area (Å²) < 4.78 is 32.8. The molecule has 0 aliphatic carbocycles. The number of hydrogen-bond acceptors (Lipinski definition) is 5. The Kier molecular flexibility index (Phi) is 3.80. The van der Waals surface area contributed by atoms with Gasteiger partial charge in [-0.3, -0.25) is 4.98 Å². The van der Waals surface area contributed by atoms with Crippen molar-refractivity contribution in [3.8, 4) is 5.75 Å². The van der Waals surface area contributed by atoms with E-state index >= 15 is 0 Å². The summed E-state index contributed by atoms with van der Waals surface area (Å²) in [4.78, 5) is 3.95. The van der Waals surface area contributed by atoms with Gasteiger partial charge < -0.3 is 4.74 Å². The van der Waals surface area contributed by atoms with Crippen molar-refractivity contribution >= 4 is 37.3 Å². The van der Waals surface area contributed by atoms with Crippen LogP contribution in [0.3, 0.4) is 0 Å². The Morgan fingerprint density at radius 2 is 2.15 bits per heavy atom. The molecule has 1 aliphatic rings. The van der Waals surface area contributed by atoms with Crippen molar-refractivity contribution in [1.29, 1.82) is 0 Å². The molecule has 0 amide bonds. The molecular formula is C12H11BrN2O3S2. The van der Waals surface area contributed by atoms with Crippen LogP contribution in [0.2, 0.25) is 0 Å². The third kappa shape index (κ3) is 2.73. The van der Waals surface area contributed by atoms with Crippen LogP contribution in [0.1, 0.15) is 0 Å². The number of sulfonamides is 1. The van der Waals surface area contributed by atoms with Gasteiger partial charge in [-0.2, -0.15) is 4.31 Å². The smallest absolute Gasteiger partial charge is 0.252 e. The lowest BCUT2D eigenvalue weighted by atomic mass is 10.2. The van der Waals surface area contributed by atoms with E-state index < -0.39 is 10.0 Å². The van der Waals surface area contributed by atoms with Gasteiger partial charge in [0.2, 0.25) is 0 Å². The third-order valence-corrected chi connectivity index (χ3v) is 6.82. The summed E-state index contributed by atoms with van der Waals surface area (Å²) in [5.41, 5.74) is 0. The number of rotatable bonds is 4. The largest absolute Gasteiger partial charge is 0.486 e. The van der Waals surface area contributed by atoms with Crippen LogP contribution in [0.15, 0.2) is 44.7 Å². The highest BCUT2D eigenvalue weighted by atomic mass is 79.9. The van der Waals surface area contributed by atoms with E-state index in [1.807, 2.05) is 0 Å². The van der Waals surface area contributed by atoms with Crippen LogP contribution in [0.4, 0.5) is 0 Å². The fourth-order valence-electron chi connectivity index (χ4n) is 1.84. The van der Waals surface area contributed by atoms with E-state index in [2.05, 4.69) is 20.9 Å². The summed E-state index contributed by atoms with van der Waals surface area (Å²) in [6.45, 7) is 0.736. The van der Waals surface area contributed by atoms with Gasteiger partial charge in [-0.15, -0.1) is 11.3 Å². The number of nitrogens with zero attached hydrogens (tertiary/aromatic N) is 2. The molecule has 0 spiro atoms. The topological polar surface area (TPSA) is 59.5 Å². The molecule has 0 atom stereocenters. The van der Waals surface area contributed by atoms with Gasteiger partial charge in [-0.25, -0.2) is 8.42 Å². The second kappa shape index (κ2) is 5.44. The van der Waals surface area contributed by atoms with Gasteiger partial charge in [-0.05, 0) is 40.2 Å². The molecule has 1 fully saturated rings. The lowest BCUT2D eigenvalue weighted by Crippen LogP contribution is -2.55. The number of pyridine rings is 1. The van der Waals surface area contributed by atoms with Crippen LogP contribution in [-0.2, 0) is 10.0 Å². The first-order valence-corrected chi connectivity index (χ1v) is 8.93. The van der Waals surface area contributed by atoms with Gasteiger partial charge in [0.05, 0.1) is 23.1 Å². The minimum atomic E-state index is -3.38. The highest BCUT2D eigenvalue weighted by Gasteiger charge is 2.38. The lowest BCUT2D eigenvalue weighted by Gasteiger charge is -2.37. The number of hydrogen-bond donors (Lipinski definition) is 0. The Morgan fingerprint density at radius 1 is 1.35 bits per heavy atom. The van der Waals surface area contributed by atoms with Gasteiger partial charge in [0.15, 0.2) is 0 Å². The number of aromatic nitrogens is 1. The number of ether oxygens (including phenoxy) is 1. The molecule has 0 unspecified atom stereocenters. The second-order valence-electron chi connectivity index (χ2n) is 4.31. The molecule has 0 aromatic carbocycles. The SMILES string of the molecule is O=S(=O)(c1ccc(Br)s1)N1CC(Oc2cccnc2)C1. The van der Waals surface area contributed by atoms with Crippen LogP contribution in [-0.4, -0.2) is 36.9 Å². The Labute approximate surface area is 129 Å². The maximum atomic E-state index is 12.3. The van der Waals surface area contributed by atoms with Crippen molar-refractivity contribution in [2.24, 2.45) is 0 Å². The van der Waals surface area contributed by atoms with E-state index in [1.165, 1.54) is 15.6 Å². The summed E-state index contributed by atoms with van der Waals surface area (Å²) in [6, 6.07) is 6.94. The Hall–Kier alpha value is -0.960. The van der Waals surface area contributed by atoms with E-state index in [0.717, 1.165) is 3.79 Å². The molecule has 1 aliphatic heterocycles. The Balaban J connectivity index is 1.63. The van der Waals surface area contributed by atoms with Crippen molar-refractivity contribution in [2.45, 2.75) is 10.3 Å². The standard InChI is InChI=1S/C12H11BrN2O3S2/c13-11-3-4-12(19-11)20(16,17)15-7-10(8-15)18-9-2-1-5-14-6-9/h1-6,10H,7-8H2. The lowest BCUT2D eigenvalue weighted by molar-refractivity contribution is 0.0760. The average Bonchev–Trinajstić information content (AvgIpc) is 2.82. The first-order valence-electron chi connectivity index (χ1n) is 5.88. The molecular weight excluding hydrogens is 364 g/mol. The molecule has 3 heterocycles. The molecule has 2 aromatic heterocycles. The zero-order chi connectivity index (χ0) is 14.2. The molecule has 3 rings (SSSR count). The van der Waals surface area contributed by atoms with Crippen LogP contribution in [0, 0.1) is 0 Å². The first kappa shape index (κ1) is 14.0. The molecule has 5 nitrogen and oxygen atoms in total. The molecule has 8 heteroatoms. The average molecular weight is 375 g/mol. The molecule has 2 aromatic rings. The highest BCUT2D eigenvalue weighted by molar-refractivity contribution is 9.11. The monoisotopic (exact) mass is 374 g/mol. The summed E-state index contributed by atoms with van der Waals surface area (Å²) in [5.74, 6) is 0.661. The van der Waals surface area contributed by atoms with E-state index in [0.29, 0.717) is 23.0 Å². The van der Waals surface area contributed by atoms with Crippen molar-refractivity contribution in [2.75, 3.05) is 13.1 Å². The number of halogens is 1. The molecule has 0 N–H and O–H groups in total. The van der Waals surface area contributed by atoms with E-state index in [9.17, 15) is 8.42 Å². The minimum Gasteiger partial charge on any atom is -0.486 e. The molecule has 0 bridgehead atoms. The maximum Gasteiger partial charge on any atom is 0.252 e. The van der Waals surface area contributed by atoms with Crippen LogP contribution >= 0.6 is 27.3 Å². The third-order valence-electron chi connectivity index (χ3n) is 2.89. The van der Waals surface area contributed by atoms with Crippen molar-refractivity contribution < 1.29 is 13.2 Å². The fraction of sp³-hybridized carbons (Fsp3) is 0.250. The zero-order valence-corrected chi connectivity index (χ0v) is 13.5. The van der Waals surface area contributed by atoms with Gasteiger partial charge in [-0.1, -0.05) is 0 Å². The van der Waals surface area contributed by atoms with Crippen LogP contribution in [0.25, 0.3) is 0 Å². The van der Waals surface area contributed by atoms with E-state index in [4.69, 9.17) is 4.74 Å². The van der Waals surface area contributed by atoms with Gasteiger partial charge >= 0.3 is 0 Å². The second-order valence-corrected chi connectivity index (χ2v) is 8.94. The minimum absolute atomic E-state index is 0.114. The molecule has 106 valence electrons. The normalized spacial score (nSPS) is 16.9. The summed E-state index contributed by atoms with van der Waals surface area (Å²) in [6.07, 6.45) is 3.17. The van der Waals surface area contributed by atoms with Crippen molar-refractivity contribution in [3.05, 3.63) is 40.4 Å². The van der Waals surface area contributed by atoms with Crippen molar-refractivity contribution in [1.82, 2.24) is 9.29 Å². The highest BCUT2D eigenvalue weighted by Crippen LogP contribution is 2.31. The molecule has 0 radical (unpaired) electrons.